The van der Waals surface area contributed by atoms with Crippen molar-refractivity contribution in [3.63, 3.8) is 0 Å². The normalized spacial score (nSPS) is 55.6. The average molecular weight is 546 g/mol. The van der Waals surface area contributed by atoms with Crippen molar-refractivity contribution in [1.82, 2.24) is 0 Å². The number of rotatable bonds is 5. The van der Waals surface area contributed by atoms with Crippen LogP contribution in [0.2, 0.25) is 0 Å². The molecule has 204 valence electrons. The lowest BCUT2D eigenvalue weighted by molar-refractivity contribution is 0.0184. The number of hydrogen-bond acceptors (Lipinski definition) is 0. The summed E-state index contributed by atoms with van der Waals surface area (Å²) in [6.45, 7) is 0. The van der Waals surface area contributed by atoms with E-state index in [0.29, 0.717) is 0 Å². The zero-order valence-corrected chi connectivity index (χ0v) is 25.6. The summed E-state index contributed by atoms with van der Waals surface area (Å²) in [5.74, 6) is 10.0. The van der Waals surface area contributed by atoms with E-state index in [2.05, 4.69) is 24.3 Å². The molecule has 9 saturated carbocycles. The highest BCUT2D eigenvalue weighted by Gasteiger charge is 2.63. The van der Waals surface area contributed by atoms with Crippen LogP contribution < -0.4 is 5.30 Å². The van der Waals surface area contributed by atoms with Gasteiger partial charge in [-0.3, -0.25) is 0 Å². The van der Waals surface area contributed by atoms with Crippen molar-refractivity contribution >= 4 is 20.5 Å². The van der Waals surface area contributed by atoms with Gasteiger partial charge in [-0.25, -0.2) is 0 Å². The molecule has 3 aliphatic heterocycles. The number of hydrogen-bond donors (Lipinski definition) is 0. The van der Waals surface area contributed by atoms with E-state index in [1.54, 1.807) is 121 Å². The standard InChI is InChI=1S/C36H51P2/c1-2-4-34(38-21-30-11-31(22-38)13-32(12-30)23-38)33(3-1)20-37(35-14-24-5-25(15-35)7-26(6-24)16-35)36-17-27-8-28(18-36)10-29(9-27)19-36/h1-4,24-32H,5-23H2/q+1. The van der Waals surface area contributed by atoms with Crippen LogP contribution in [0.3, 0.4) is 0 Å². The SMILES string of the molecule is c1ccc([P+]23CC4CC(CC(C4)C2)C3)c(CP(C23CC4CC(CC(C4)C2)C3)C23CC4CC(CC(C4)C2)C3)c1. The Labute approximate surface area is 234 Å². The molecule has 12 aliphatic rings. The fraction of sp³-hybridized carbons (Fsp3) is 0.833. The first-order valence-electron chi connectivity index (χ1n) is 17.3. The van der Waals surface area contributed by atoms with Crippen molar-refractivity contribution in [3.8, 4) is 0 Å². The molecule has 0 amide bonds. The van der Waals surface area contributed by atoms with Crippen LogP contribution in [-0.2, 0) is 6.16 Å². The minimum absolute atomic E-state index is 0.0751. The molecule has 0 radical (unpaired) electrons. The highest BCUT2D eigenvalue weighted by molar-refractivity contribution is 7.83. The van der Waals surface area contributed by atoms with Gasteiger partial charge >= 0.3 is 0 Å². The quantitative estimate of drug-likeness (QED) is 0.323. The topological polar surface area (TPSA) is 0 Å². The molecule has 12 bridgehead atoms. The molecule has 2 heteroatoms. The first kappa shape index (κ1) is 23.6. The Morgan fingerprint density at radius 1 is 0.526 bits per heavy atom. The molecule has 3 saturated heterocycles. The van der Waals surface area contributed by atoms with Gasteiger partial charge in [0.1, 0.15) is 0 Å². The Morgan fingerprint density at radius 2 is 0.895 bits per heavy atom. The monoisotopic (exact) mass is 545 g/mol. The van der Waals surface area contributed by atoms with Crippen LogP contribution in [0.5, 0.6) is 0 Å². The molecule has 0 unspecified atom stereocenters. The second-order valence-electron chi connectivity index (χ2n) is 17.5. The van der Waals surface area contributed by atoms with E-state index >= 15 is 0 Å². The highest BCUT2D eigenvalue weighted by atomic mass is 31.2. The molecule has 0 atom stereocenters. The van der Waals surface area contributed by atoms with Crippen LogP contribution in [0.4, 0.5) is 0 Å². The first-order chi connectivity index (χ1) is 18.5. The summed E-state index contributed by atoms with van der Waals surface area (Å²) < 4.78 is 0. The van der Waals surface area contributed by atoms with Crippen molar-refractivity contribution < 1.29 is 0 Å². The summed E-state index contributed by atoms with van der Waals surface area (Å²) >= 11 is 0. The average Bonchev–Trinajstić information content (AvgIpc) is 2.85. The highest BCUT2D eigenvalue weighted by Crippen LogP contribution is 2.80. The Hall–Kier alpha value is 0.0800. The minimum Gasteiger partial charge on any atom is -0.0893 e. The van der Waals surface area contributed by atoms with Crippen LogP contribution in [0.25, 0.3) is 0 Å². The number of benzene rings is 1. The van der Waals surface area contributed by atoms with Crippen molar-refractivity contribution in [2.75, 3.05) is 18.5 Å². The van der Waals surface area contributed by atoms with Crippen molar-refractivity contribution in [1.29, 1.82) is 0 Å². The van der Waals surface area contributed by atoms with E-state index in [1.165, 1.54) is 0 Å². The van der Waals surface area contributed by atoms with Crippen molar-refractivity contribution in [2.45, 2.75) is 113 Å². The molecule has 0 N–H and O–H groups in total. The van der Waals surface area contributed by atoms with Gasteiger partial charge in [-0.05, 0) is 178 Å². The van der Waals surface area contributed by atoms with E-state index in [0.717, 1.165) is 63.6 Å². The van der Waals surface area contributed by atoms with Crippen LogP contribution in [0, 0.1) is 53.3 Å². The molecule has 9 aliphatic carbocycles. The lowest BCUT2D eigenvalue weighted by Gasteiger charge is -2.67. The summed E-state index contributed by atoms with van der Waals surface area (Å²) in [7, 11) is -0.852. The van der Waals surface area contributed by atoms with Gasteiger partial charge in [-0.15, -0.1) is 0 Å². The van der Waals surface area contributed by atoms with Crippen LogP contribution >= 0.6 is 15.2 Å². The van der Waals surface area contributed by atoms with Gasteiger partial charge in [0, 0.05) is 7.26 Å². The van der Waals surface area contributed by atoms with Gasteiger partial charge in [0.15, 0.2) is 0 Å². The molecule has 3 heterocycles. The second-order valence-corrected chi connectivity index (χ2v) is 24.4. The first-order valence-corrected chi connectivity index (χ1v) is 21.1. The van der Waals surface area contributed by atoms with Gasteiger partial charge in [-0.1, -0.05) is 26.1 Å². The van der Waals surface area contributed by atoms with E-state index in [-0.39, 0.29) is 7.92 Å². The van der Waals surface area contributed by atoms with Gasteiger partial charge in [0.25, 0.3) is 0 Å². The molecule has 13 rings (SSSR count). The molecule has 0 aromatic heterocycles. The zero-order chi connectivity index (χ0) is 24.7. The van der Waals surface area contributed by atoms with Crippen LogP contribution in [0.1, 0.15) is 102 Å². The van der Waals surface area contributed by atoms with Gasteiger partial charge < -0.3 is 0 Å². The molecular weight excluding hydrogens is 494 g/mol. The second kappa shape index (κ2) is 8.12. The Morgan fingerprint density at radius 3 is 1.32 bits per heavy atom. The molecule has 38 heavy (non-hydrogen) atoms. The van der Waals surface area contributed by atoms with Gasteiger partial charge in [0.05, 0.1) is 23.8 Å². The molecule has 1 aromatic carbocycles. The third kappa shape index (κ3) is 3.41. The van der Waals surface area contributed by atoms with E-state index in [9.17, 15) is 0 Å². The maximum atomic E-state index is 2.74. The Balaban J connectivity index is 1.08. The zero-order valence-electron chi connectivity index (χ0n) is 23.8. The van der Waals surface area contributed by atoms with Gasteiger partial charge in [-0.2, -0.15) is 0 Å². The maximum absolute atomic E-state index is 2.74. The largest absolute Gasteiger partial charge is 0.0974 e. The molecular formula is C36H51P2+. The third-order valence-electron chi connectivity index (χ3n) is 14.8. The van der Waals surface area contributed by atoms with E-state index in [4.69, 9.17) is 0 Å². The van der Waals surface area contributed by atoms with E-state index in [1.807, 2.05) is 10.9 Å². The maximum Gasteiger partial charge on any atom is 0.0974 e. The Kier molecular flexibility index (Phi) is 5.05. The predicted octanol–water partition coefficient (Wildman–Crippen LogP) is 9.31. The summed E-state index contributed by atoms with van der Waals surface area (Å²) in [5.41, 5.74) is 1.94. The summed E-state index contributed by atoms with van der Waals surface area (Å²) in [6.07, 6.45) is 31.1. The van der Waals surface area contributed by atoms with Crippen LogP contribution in [0.15, 0.2) is 24.3 Å². The van der Waals surface area contributed by atoms with Gasteiger partial charge in [0.2, 0.25) is 0 Å². The van der Waals surface area contributed by atoms with Crippen molar-refractivity contribution in [3.05, 3.63) is 29.8 Å². The molecule has 1 aromatic rings. The molecule has 0 nitrogen and oxygen atoms in total. The molecule has 0 spiro atoms. The summed E-state index contributed by atoms with van der Waals surface area (Å²) in [5, 5.41) is 3.58. The minimum atomic E-state index is -0.927. The third-order valence-corrected chi connectivity index (χ3v) is 24.0. The van der Waals surface area contributed by atoms with Crippen LogP contribution in [-0.4, -0.2) is 28.8 Å². The molecule has 12 fully saturated rings. The Bertz CT molecular complexity index is 982. The summed E-state index contributed by atoms with van der Waals surface area (Å²) in [6, 6.07) is 10.4. The van der Waals surface area contributed by atoms with Crippen molar-refractivity contribution in [2.24, 2.45) is 53.3 Å². The fourth-order valence-electron chi connectivity index (χ4n) is 15.1. The lowest BCUT2D eigenvalue weighted by atomic mass is 9.55. The lowest BCUT2D eigenvalue weighted by Crippen LogP contribution is -2.56. The fourth-order valence-corrected chi connectivity index (χ4v) is 26.4. The predicted molar refractivity (Wildman–Crippen MR) is 164 cm³/mol. The van der Waals surface area contributed by atoms with E-state index < -0.39 is 7.26 Å². The smallest absolute Gasteiger partial charge is 0.0893 e. The summed E-state index contributed by atoms with van der Waals surface area (Å²) in [4.78, 5) is 0.